The zero-order chi connectivity index (χ0) is 11.1. The van der Waals surface area contributed by atoms with Crippen LogP contribution in [0.15, 0.2) is 0 Å². The predicted molar refractivity (Wildman–Crippen MR) is 67.0 cm³/mol. The Hall–Kier alpha value is 0. The van der Waals surface area contributed by atoms with Gasteiger partial charge in [0.1, 0.15) is 0 Å². The SMILES string of the molecule is CC1CC2C3CC4CC(C3C)C(C)(C1)C2C4. The van der Waals surface area contributed by atoms with E-state index in [-0.39, 0.29) is 0 Å². The summed E-state index contributed by atoms with van der Waals surface area (Å²) in [5.41, 5.74) is 0.745. The van der Waals surface area contributed by atoms with Gasteiger partial charge in [-0.25, -0.2) is 0 Å². The van der Waals surface area contributed by atoms with Gasteiger partial charge in [-0.3, -0.25) is 0 Å². The summed E-state index contributed by atoms with van der Waals surface area (Å²) >= 11 is 0. The second kappa shape index (κ2) is 2.87. The van der Waals surface area contributed by atoms with Gasteiger partial charge in [0.05, 0.1) is 0 Å². The minimum atomic E-state index is 0.745. The molecule has 0 aromatic carbocycles. The summed E-state index contributed by atoms with van der Waals surface area (Å²) in [7, 11) is 0. The zero-order valence-corrected chi connectivity index (χ0v) is 11.1. The molecular formula is C16H26. The van der Waals surface area contributed by atoms with Crippen LogP contribution in [0.25, 0.3) is 0 Å². The summed E-state index contributed by atoms with van der Waals surface area (Å²) in [5.74, 6) is 7.66. The van der Waals surface area contributed by atoms with Crippen molar-refractivity contribution in [1.82, 2.24) is 0 Å². The summed E-state index contributed by atoms with van der Waals surface area (Å²) < 4.78 is 0. The topological polar surface area (TPSA) is 0 Å². The van der Waals surface area contributed by atoms with E-state index in [0.29, 0.717) is 0 Å². The third-order valence-electron chi connectivity index (χ3n) is 7.31. The van der Waals surface area contributed by atoms with E-state index in [9.17, 15) is 0 Å². The third-order valence-corrected chi connectivity index (χ3v) is 7.31. The van der Waals surface area contributed by atoms with Crippen molar-refractivity contribution >= 4 is 0 Å². The summed E-state index contributed by atoms with van der Waals surface area (Å²) in [6, 6.07) is 0. The molecule has 0 aromatic heterocycles. The Labute approximate surface area is 100 Å². The van der Waals surface area contributed by atoms with E-state index in [1.165, 1.54) is 0 Å². The van der Waals surface area contributed by atoms with Crippen LogP contribution in [0.2, 0.25) is 0 Å². The van der Waals surface area contributed by atoms with Gasteiger partial charge >= 0.3 is 0 Å². The fourth-order valence-corrected chi connectivity index (χ4v) is 7.00. The monoisotopic (exact) mass is 218 g/mol. The van der Waals surface area contributed by atoms with Crippen molar-refractivity contribution in [1.29, 1.82) is 0 Å². The van der Waals surface area contributed by atoms with E-state index in [1.807, 2.05) is 0 Å². The molecule has 5 aliphatic carbocycles. The van der Waals surface area contributed by atoms with E-state index in [4.69, 9.17) is 0 Å². The van der Waals surface area contributed by atoms with E-state index >= 15 is 0 Å². The summed E-state index contributed by atoms with van der Waals surface area (Å²) in [6.07, 6.45) is 7.90. The van der Waals surface area contributed by atoms with Crippen molar-refractivity contribution in [3.63, 3.8) is 0 Å². The first-order chi connectivity index (χ1) is 7.59. The molecule has 0 saturated heterocycles. The average molecular weight is 218 g/mol. The Morgan fingerprint density at radius 1 is 0.875 bits per heavy atom. The molecule has 0 heteroatoms. The molecule has 8 atom stereocenters. The lowest BCUT2D eigenvalue weighted by Gasteiger charge is -2.69. The van der Waals surface area contributed by atoms with E-state index in [0.717, 1.165) is 46.8 Å². The zero-order valence-electron chi connectivity index (χ0n) is 11.1. The van der Waals surface area contributed by atoms with Gasteiger partial charge in [0, 0.05) is 0 Å². The van der Waals surface area contributed by atoms with Gasteiger partial charge < -0.3 is 0 Å². The van der Waals surface area contributed by atoms with E-state index in [1.54, 1.807) is 32.1 Å². The van der Waals surface area contributed by atoms with Crippen LogP contribution in [-0.2, 0) is 0 Å². The first-order valence-electron chi connectivity index (χ1n) is 7.59. The lowest BCUT2D eigenvalue weighted by atomic mass is 9.36. The standard InChI is InChI=1S/C16H26/c1-9-4-13-12-5-11-6-14(10(12)2)16(3,8-9)15(13)7-11/h9-15H,4-8H2,1-3H3. The van der Waals surface area contributed by atoms with Gasteiger partial charge in [-0.2, -0.15) is 0 Å². The summed E-state index contributed by atoms with van der Waals surface area (Å²) in [5, 5.41) is 0. The molecule has 5 rings (SSSR count). The lowest BCUT2D eigenvalue weighted by molar-refractivity contribution is -0.205. The quantitative estimate of drug-likeness (QED) is 0.567. The highest BCUT2D eigenvalue weighted by atomic mass is 14.7. The molecule has 5 fully saturated rings. The molecule has 0 nitrogen and oxygen atoms in total. The molecule has 16 heavy (non-hydrogen) atoms. The highest BCUT2D eigenvalue weighted by molar-refractivity contribution is 5.12. The molecular weight excluding hydrogens is 192 g/mol. The highest BCUT2D eigenvalue weighted by Crippen LogP contribution is 2.71. The predicted octanol–water partition coefficient (Wildman–Crippen LogP) is 4.35. The number of hydrogen-bond acceptors (Lipinski definition) is 0. The molecule has 5 aliphatic rings. The molecule has 0 amide bonds. The molecule has 0 radical (unpaired) electrons. The second-order valence-corrected chi connectivity index (χ2v) is 8.02. The Morgan fingerprint density at radius 3 is 2.44 bits per heavy atom. The smallest absolute Gasteiger partial charge is 0.0261 e. The first kappa shape index (κ1) is 9.97. The Kier molecular flexibility index (Phi) is 1.79. The normalized spacial score (nSPS) is 67.3. The molecule has 5 saturated carbocycles. The first-order valence-corrected chi connectivity index (χ1v) is 7.59. The fraction of sp³-hybridized carbons (Fsp3) is 1.00. The van der Waals surface area contributed by atoms with Crippen LogP contribution in [0.4, 0.5) is 0 Å². The Balaban J connectivity index is 1.82. The Morgan fingerprint density at radius 2 is 1.62 bits per heavy atom. The van der Waals surface area contributed by atoms with Crippen LogP contribution in [0.3, 0.4) is 0 Å². The van der Waals surface area contributed by atoms with Crippen LogP contribution in [0.1, 0.15) is 52.9 Å². The molecule has 8 unspecified atom stereocenters. The van der Waals surface area contributed by atoms with Crippen molar-refractivity contribution < 1.29 is 0 Å². The maximum Gasteiger partial charge on any atom is -0.0261 e. The maximum atomic E-state index is 2.67. The highest BCUT2D eigenvalue weighted by Gasteiger charge is 2.63. The minimum Gasteiger partial charge on any atom is -0.0625 e. The molecule has 0 aliphatic heterocycles. The number of rotatable bonds is 0. The minimum absolute atomic E-state index is 0.745. The molecule has 6 bridgehead atoms. The van der Waals surface area contributed by atoms with Gasteiger partial charge in [-0.05, 0) is 78.9 Å². The summed E-state index contributed by atoms with van der Waals surface area (Å²) in [6.45, 7) is 7.78. The van der Waals surface area contributed by atoms with Crippen LogP contribution in [0, 0.1) is 46.8 Å². The van der Waals surface area contributed by atoms with Gasteiger partial charge in [0.15, 0.2) is 0 Å². The van der Waals surface area contributed by atoms with Gasteiger partial charge in [-0.1, -0.05) is 20.8 Å². The van der Waals surface area contributed by atoms with Crippen LogP contribution >= 0.6 is 0 Å². The Bertz CT molecular complexity index is 310. The average Bonchev–Trinajstić information content (AvgIpc) is 2.23. The van der Waals surface area contributed by atoms with Crippen molar-refractivity contribution in [3.8, 4) is 0 Å². The van der Waals surface area contributed by atoms with Crippen molar-refractivity contribution in [2.75, 3.05) is 0 Å². The fourth-order valence-electron chi connectivity index (χ4n) is 7.00. The van der Waals surface area contributed by atoms with Gasteiger partial charge in [-0.15, -0.1) is 0 Å². The summed E-state index contributed by atoms with van der Waals surface area (Å²) in [4.78, 5) is 0. The molecule has 90 valence electrons. The molecule has 0 heterocycles. The molecule has 0 spiro atoms. The van der Waals surface area contributed by atoms with E-state index < -0.39 is 0 Å². The molecule has 0 aromatic rings. The molecule has 0 N–H and O–H groups in total. The van der Waals surface area contributed by atoms with Crippen LogP contribution < -0.4 is 0 Å². The maximum absolute atomic E-state index is 2.67. The van der Waals surface area contributed by atoms with Crippen LogP contribution in [-0.4, -0.2) is 0 Å². The van der Waals surface area contributed by atoms with Gasteiger partial charge in [0.2, 0.25) is 0 Å². The van der Waals surface area contributed by atoms with Crippen molar-refractivity contribution in [2.45, 2.75) is 52.9 Å². The van der Waals surface area contributed by atoms with Crippen molar-refractivity contribution in [2.24, 2.45) is 46.8 Å². The lowest BCUT2D eigenvalue weighted by Crippen LogP contribution is -2.62. The number of hydrogen-bond donors (Lipinski definition) is 0. The van der Waals surface area contributed by atoms with Crippen LogP contribution in [0.5, 0.6) is 0 Å². The van der Waals surface area contributed by atoms with Crippen molar-refractivity contribution in [3.05, 3.63) is 0 Å². The second-order valence-electron chi connectivity index (χ2n) is 8.02. The van der Waals surface area contributed by atoms with E-state index in [2.05, 4.69) is 20.8 Å². The van der Waals surface area contributed by atoms with Gasteiger partial charge in [0.25, 0.3) is 0 Å². The third kappa shape index (κ3) is 0.985. The largest absolute Gasteiger partial charge is 0.0625 e.